The molecule has 0 spiro atoms. The molecule has 0 fully saturated rings. The second-order valence-electron chi connectivity index (χ2n) is 4.36. The zero-order valence-corrected chi connectivity index (χ0v) is 13.8. The van der Waals surface area contributed by atoms with Crippen LogP contribution < -0.4 is 5.43 Å². The highest BCUT2D eigenvalue weighted by molar-refractivity contribution is 9.12. The molecule has 0 unspecified atom stereocenters. The predicted octanol–water partition coefficient (Wildman–Crippen LogP) is 5.59. The Labute approximate surface area is 144 Å². The van der Waals surface area contributed by atoms with E-state index in [0.717, 1.165) is 11.6 Å². The van der Waals surface area contributed by atoms with Gasteiger partial charge in [0.2, 0.25) is 0 Å². The van der Waals surface area contributed by atoms with Crippen LogP contribution in [0, 0.1) is 0 Å². The van der Waals surface area contributed by atoms with Crippen LogP contribution in [0.4, 0.5) is 19.0 Å². The summed E-state index contributed by atoms with van der Waals surface area (Å²) < 4.78 is 38.2. The van der Waals surface area contributed by atoms with Crippen LogP contribution in [0.5, 0.6) is 0 Å². The molecule has 3 nitrogen and oxygen atoms in total. The third kappa shape index (κ3) is 5.37. The fraction of sp³-hybridized carbons (Fsp3) is 0.0667. The fourth-order valence-corrected chi connectivity index (χ4v) is 2.15. The van der Waals surface area contributed by atoms with E-state index in [9.17, 15) is 13.2 Å². The van der Waals surface area contributed by atoms with E-state index in [4.69, 9.17) is 11.6 Å². The summed E-state index contributed by atoms with van der Waals surface area (Å²) in [6, 6.07) is 10.3. The molecule has 2 aromatic rings. The minimum atomic E-state index is -4.49. The fourth-order valence-electron chi connectivity index (χ4n) is 1.58. The number of aromatic nitrogens is 1. The molecule has 120 valence electrons. The second kappa shape index (κ2) is 7.61. The molecule has 0 radical (unpaired) electrons. The first kappa shape index (κ1) is 17.5. The van der Waals surface area contributed by atoms with Crippen molar-refractivity contribution in [2.75, 3.05) is 5.43 Å². The number of hydrogen-bond acceptors (Lipinski definition) is 3. The summed E-state index contributed by atoms with van der Waals surface area (Å²) in [6.07, 6.45) is -0.520. The van der Waals surface area contributed by atoms with Gasteiger partial charge in [-0.05, 0) is 33.6 Å². The van der Waals surface area contributed by atoms with Gasteiger partial charge >= 0.3 is 6.18 Å². The van der Waals surface area contributed by atoms with E-state index in [-0.39, 0.29) is 10.8 Å². The van der Waals surface area contributed by atoms with Gasteiger partial charge in [-0.3, -0.25) is 5.43 Å². The van der Waals surface area contributed by atoms with Gasteiger partial charge in [0, 0.05) is 10.7 Å². The van der Waals surface area contributed by atoms with Crippen molar-refractivity contribution in [3.63, 3.8) is 0 Å². The number of nitrogens with zero attached hydrogens (tertiary/aromatic N) is 2. The number of allylic oxidation sites excluding steroid dienone is 1. The van der Waals surface area contributed by atoms with Gasteiger partial charge in [0.1, 0.15) is 0 Å². The van der Waals surface area contributed by atoms with Crippen molar-refractivity contribution in [3.8, 4) is 0 Å². The maximum absolute atomic E-state index is 12.5. The molecule has 0 saturated carbocycles. The van der Waals surface area contributed by atoms with E-state index < -0.39 is 11.7 Å². The Hall–Kier alpha value is -1.86. The van der Waals surface area contributed by atoms with Gasteiger partial charge < -0.3 is 0 Å². The van der Waals surface area contributed by atoms with E-state index in [1.165, 1.54) is 6.21 Å². The largest absolute Gasteiger partial charge is 0.417 e. The quantitative estimate of drug-likeness (QED) is 0.533. The molecule has 8 heteroatoms. The van der Waals surface area contributed by atoms with E-state index in [2.05, 4.69) is 31.4 Å². The predicted molar refractivity (Wildman–Crippen MR) is 89.7 cm³/mol. The van der Waals surface area contributed by atoms with Crippen molar-refractivity contribution in [2.24, 2.45) is 5.10 Å². The van der Waals surface area contributed by atoms with Crippen molar-refractivity contribution >= 4 is 45.6 Å². The van der Waals surface area contributed by atoms with Crippen LogP contribution in [0.25, 0.3) is 6.08 Å². The second-order valence-corrected chi connectivity index (χ2v) is 5.68. The van der Waals surface area contributed by atoms with E-state index in [1.54, 1.807) is 0 Å². The maximum atomic E-state index is 12.5. The summed E-state index contributed by atoms with van der Waals surface area (Å²) in [5.74, 6) is 0.0379. The third-order valence-corrected chi connectivity index (χ3v) is 3.35. The van der Waals surface area contributed by atoms with Gasteiger partial charge in [-0.15, -0.1) is 0 Å². The minimum absolute atomic E-state index is 0.0379. The van der Waals surface area contributed by atoms with Crippen LogP contribution in [0.1, 0.15) is 11.1 Å². The number of hydrogen-bond donors (Lipinski definition) is 1. The van der Waals surface area contributed by atoms with Gasteiger partial charge in [0.05, 0.1) is 16.8 Å². The SMILES string of the molecule is FC(F)(F)c1cnc(NN=CC(Br)=Cc2ccccc2)c(Cl)c1. The molecule has 1 aromatic carbocycles. The van der Waals surface area contributed by atoms with Crippen molar-refractivity contribution in [2.45, 2.75) is 6.18 Å². The number of halogens is 5. The number of rotatable bonds is 4. The monoisotopic (exact) mass is 403 g/mol. The number of benzene rings is 1. The van der Waals surface area contributed by atoms with Crippen molar-refractivity contribution < 1.29 is 13.2 Å². The highest BCUT2D eigenvalue weighted by atomic mass is 79.9. The molecule has 0 aliphatic rings. The average Bonchev–Trinajstić information content (AvgIpc) is 2.49. The third-order valence-electron chi connectivity index (χ3n) is 2.63. The summed E-state index contributed by atoms with van der Waals surface area (Å²) in [4.78, 5) is 3.61. The van der Waals surface area contributed by atoms with Crippen molar-refractivity contribution in [3.05, 3.63) is 63.2 Å². The van der Waals surface area contributed by atoms with Gasteiger partial charge in [-0.25, -0.2) is 4.98 Å². The van der Waals surface area contributed by atoms with E-state index >= 15 is 0 Å². The van der Waals surface area contributed by atoms with Gasteiger partial charge in [0.15, 0.2) is 5.82 Å². The molecule has 0 bridgehead atoms. The number of pyridine rings is 1. The smallest absolute Gasteiger partial charge is 0.260 e. The van der Waals surface area contributed by atoms with Crippen molar-refractivity contribution in [1.82, 2.24) is 4.98 Å². The molecule has 0 atom stereocenters. The lowest BCUT2D eigenvalue weighted by Crippen LogP contribution is -2.06. The summed E-state index contributed by atoms with van der Waals surface area (Å²) >= 11 is 9.07. The first-order chi connectivity index (χ1) is 10.9. The molecule has 0 aliphatic heterocycles. The average molecular weight is 405 g/mol. The Balaban J connectivity index is 2.04. The van der Waals surface area contributed by atoms with Gasteiger partial charge in [0.25, 0.3) is 0 Å². The Morgan fingerprint density at radius 1 is 1.26 bits per heavy atom. The highest BCUT2D eigenvalue weighted by Crippen LogP contribution is 2.32. The lowest BCUT2D eigenvalue weighted by Gasteiger charge is -2.08. The molecular formula is C15H10BrClF3N3. The highest BCUT2D eigenvalue weighted by Gasteiger charge is 2.31. The van der Waals surface area contributed by atoms with Crippen LogP contribution in [-0.4, -0.2) is 11.2 Å². The molecule has 1 aromatic heterocycles. The van der Waals surface area contributed by atoms with Crippen LogP contribution in [0.2, 0.25) is 5.02 Å². The summed E-state index contributed by atoms with van der Waals surface area (Å²) in [5, 5.41) is 3.71. The van der Waals surface area contributed by atoms with Crippen molar-refractivity contribution in [1.29, 1.82) is 0 Å². The molecule has 0 aliphatic carbocycles. The number of anilines is 1. The maximum Gasteiger partial charge on any atom is 0.417 e. The van der Waals surface area contributed by atoms with Crippen LogP contribution in [0.15, 0.2) is 52.2 Å². The molecule has 0 amide bonds. The topological polar surface area (TPSA) is 37.3 Å². The number of nitrogens with one attached hydrogen (secondary N) is 1. The number of hydrazone groups is 1. The molecule has 23 heavy (non-hydrogen) atoms. The Kier molecular flexibility index (Phi) is 5.79. The molecule has 1 N–H and O–H groups in total. The molecule has 1 heterocycles. The Morgan fingerprint density at radius 3 is 2.57 bits per heavy atom. The van der Waals surface area contributed by atoms with E-state index in [1.807, 2.05) is 36.4 Å². The standard InChI is InChI=1S/C15H10BrClF3N3/c16-12(6-10-4-2-1-3-5-10)9-22-23-14-13(17)7-11(8-21-14)15(18,19)20/h1-9H,(H,21,23). The van der Waals surface area contributed by atoms with E-state index in [0.29, 0.717) is 10.7 Å². The Morgan fingerprint density at radius 2 is 1.96 bits per heavy atom. The zero-order chi connectivity index (χ0) is 16.9. The molecular weight excluding hydrogens is 395 g/mol. The lowest BCUT2D eigenvalue weighted by molar-refractivity contribution is -0.137. The lowest BCUT2D eigenvalue weighted by atomic mass is 10.2. The summed E-state index contributed by atoms with van der Waals surface area (Å²) in [5.41, 5.74) is 2.55. The van der Waals surface area contributed by atoms with Crippen LogP contribution >= 0.6 is 27.5 Å². The normalized spacial score (nSPS) is 12.7. The van der Waals surface area contributed by atoms with Gasteiger partial charge in [-0.2, -0.15) is 18.3 Å². The van der Waals surface area contributed by atoms with Gasteiger partial charge in [-0.1, -0.05) is 41.9 Å². The molecule has 2 rings (SSSR count). The zero-order valence-electron chi connectivity index (χ0n) is 11.5. The van der Waals surface area contributed by atoms with Crippen LogP contribution in [-0.2, 0) is 6.18 Å². The Bertz CT molecular complexity index is 730. The first-order valence-electron chi connectivity index (χ1n) is 6.30. The summed E-state index contributed by atoms with van der Waals surface area (Å²) in [7, 11) is 0. The van der Waals surface area contributed by atoms with Crippen LogP contribution in [0.3, 0.4) is 0 Å². The first-order valence-corrected chi connectivity index (χ1v) is 7.47. The molecule has 0 saturated heterocycles. The number of alkyl halides is 3. The minimum Gasteiger partial charge on any atom is -0.260 e. The summed E-state index contributed by atoms with van der Waals surface area (Å²) in [6.45, 7) is 0.